The van der Waals surface area contributed by atoms with Gasteiger partial charge in [-0.3, -0.25) is 0 Å². The summed E-state index contributed by atoms with van der Waals surface area (Å²) in [6.07, 6.45) is 0.908. The summed E-state index contributed by atoms with van der Waals surface area (Å²) in [6.45, 7) is 5.26. The molecule has 1 aliphatic heterocycles. The van der Waals surface area contributed by atoms with E-state index in [0.29, 0.717) is 5.92 Å². The van der Waals surface area contributed by atoms with Crippen LogP contribution in [0, 0.1) is 5.82 Å². The zero-order chi connectivity index (χ0) is 16.7. The smallest absolute Gasteiger partial charge is 0.133 e. The second-order valence-corrected chi connectivity index (χ2v) is 6.49. The first kappa shape index (κ1) is 14.9. The van der Waals surface area contributed by atoms with Crippen molar-refractivity contribution in [2.24, 2.45) is 0 Å². The Hall–Kier alpha value is -2.62. The average molecular weight is 321 g/mol. The van der Waals surface area contributed by atoms with Gasteiger partial charge in [0.1, 0.15) is 11.6 Å². The number of hydrogen-bond acceptors (Lipinski definition) is 2. The first-order valence-corrected chi connectivity index (χ1v) is 8.36. The van der Waals surface area contributed by atoms with E-state index in [1.165, 1.54) is 17.2 Å². The van der Waals surface area contributed by atoms with Crippen LogP contribution in [0.3, 0.4) is 0 Å². The molecule has 4 rings (SSSR count). The highest BCUT2D eigenvalue weighted by Gasteiger charge is 2.25. The predicted octanol–water partition coefficient (Wildman–Crippen LogP) is 4.77. The van der Waals surface area contributed by atoms with Crippen molar-refractivity contribution in [2.75, 3.05) is 11.9 Å². The van der Waals surface area contributed by atoms with Crippen molar-refractivity contribution in [1.29, 1.82) is 0 Å². The van der Waals surface area contributed by atoms with Gasteiger partial charge < -0.3 is 5.32 Å². The fourth-order valence-corrected chi connectivity index (χ4v) is 3.39. The van der Waals surface area contributed by atoms with E-state index in [9.17, 15) is 4.39 Å². The number of aromatic nitrogens is 2. The third-order valence-corrected chi connectivity index (χ3v) is 4.54. The van der Waals surface area contributed by atoms with Gasteiger partial charge in [-0.2, -0.15) is 5.10 Å². The van der Waals surface area contributed by atoms with Gasteiger partial charge in [-0.15, -0.1) is 0 Å². The Balaban J connectivity index is 1.92. The molecular weight excluding hydrogens is 301 g/mol. The highest BCUT2D eigenvalue weighted by Crippen LogP contribution is 2.36. The number of anilines is 1. The summed E-state index contributed by atoms with van der Waals surface area (Å²) in [7, 11) is 0. The Morgan fingerprint density at radius 1 is 1.12 bits per heavy atom. The molecule has 1 aromatic heterocycles. The number of rotatable bonds is 3. The van der Waals surface area contributed by atoms with Crippen molar-refractivity contribution < 1.29 is 4.39 Å². The number of halogens is 1. The normalized spacial score (nSPS) is 13.2. The molecule has 0 unspecified atom stereocenters. The zero-order valence-corrected chi connectivity index (χ0v) is 13.9. The van der Waals surface area contributed by atoms with Gasteiger partial charge in [-0.25, -0.2) is 9.07 Å². The molecule has 0 atom stereocenters. The van der Waals surface area contributed by atoms with Crippen molar-refractivity contribution >= 4 is 5.82 Å². The molecule has 0 saturated heterocycles. The Kier molecular flexibility index (Phi) is 3.60. The molecule has 3 aromatic rings. The topological polar surface area (TPSA) is 29.9 Å². The Bertz CT molecular complexity index is 896. The molecule has 0 bridgehead atoms. The number of benzene rings is 2. The lowest BCUT2D eigenvalue weighted by Crippen LogP contribution is -2.07. The van der Waals surface area contributed by atoms with E-state index >= 15 is 0 Å². The van der Waals surface area contributed by atoms with Crippen LogP contribution < -0.4 is 5.32 Å². The highest BCUT2D eigenvalue weighted by molar-refractivity contribution is 5.73. The van der Waals surface area contributed by atoms with Crippen LogP contribution in [0.5, 0.6) is 0 Å². The SMILES string of the molecule is CC(C)c1ccccc1-n1nc(-c2cccc(F)c2)c2c1NCC2. The van der Waals surface area contributed by atoms with E-state index < -0.39 is 0 Å². The summed E-state index contributed by atoms with van der Waals surface area (Å²) < 4.78 is 15.6. The van der Waals surface area contributed by atoms with Crippen molar-refractivity contribution in [3.05, 3.63) is 65.5 Å². The summed E-state index contributed by atoms with van der Waals surface area (Å²) in [4.78, 5) is 0. The number of para-hydroxylation sites is 1. The second kappa shape index (κ2) is 5.78. The quantitative estimate of drug-likeness (QED) is 0.753. The van der Waals surface area contributed by atoms with Crippen LogP contribution >= 0.6 is 0 Å². The van der Waals surface area contributed by atoms with E-state index in [2.05, 4.69) is 37.4 Å². The molecule has 122 valence electrons. The highest BCUT2D eigenvalue weighted by atomic mass is 19.1. The molecule has 0 fully saturated rings. The number of nitrogens with one attached hydrogen (secondary N) is 1. The van der Waals surface area contributed by atoms with Gasteiger partial charge in [0, 0.05) is 17.7 Å². The second-order valence-electron chi connectivity index (χ2n) is 6.49. The van der Waals surface area contributed by atoms with E-state index in [-0.39, 0.29) is 5.82 Å². The van der Waals surface area contributed by atoms with Crippen LogP contribution in [0.2, 0.25) is 0 Å². The van der Waals surface area contributed by atoms with Crippen LogP contribution in [-0.2, 0) is 6.42 Å². The lowest BCUT2D eigenvalue weighted by Gasteiger charge is -2.14. The molecule has 1 aliphatic rings. The molecule has 24 heavy (non-hydrogen) atoms. The molecular formula is C20H20FN3. The Morgan fingerprint density at radius 3 is 2.75 bits per heavy atom. The molecule has 2 aromatic carbocycles. The molecule has 1 N–H and O–H groups in total. The van der Waals surface area contributed by atoms with Crippen LogP contribution in [0.25, 0.3) is 16.9 Å². The first-order chi connectivity index (χ1) is 11.6. The molecule has 0 amide bonds. The molecule has 4 heteroatoms. The van der Waals surface area contributed by atoms with Crippen molar-refractivity contribution in [3.63, 3.8) is 0 Å². The summed E-state index contributed by atoms with van der Waals surface area (Å²) >= 11 is 0. The average Bonchev–Trinajstić information content (AvgIpc) is 3.17. The maximum Gasteiger partial charge on any atom is 0.133 e. The van der Waals surface area contributed by atoms with E-state index in [1.54, 1.807) is 12.1 Å². The standard InChI is InChI=1S/C20H20FN3/c1-13(2)16-8-3-4-9-18(16)24-20-17(10-11-22-20)19(23-24)14-6-5-7-15(21)12-14/h3-9,12-13,22H,10-11H2,1-2H3. The van der Waals surface area contributed by atoms with Gasteiger partial charge in [0.25, 0.3) is 0 Å². The number of fused-ring (bicyclic) bond motifs is 1. The molecule has 0 saturated carbocycles. The van der Waals surface area contributed by atoms with E-state index in [0.717, 1.165) is 35.7 Å². The fourth-order valence-electron chi connectivity index (χ4n) is 3.39. The van der Waals surface area contributed by atoms with Gasteiger partial charge >= 0.3 is 0 Å². The Morgan fingerprint density at radius 2 is 1.96 bits per heavy atom. The van der Waals surface area contributed by atoms with Crippen LogP contribution in [0.15, 0.2) is 48.5 Å². The lowest BCUT2D eigenvalue weighted by atomic mass is 10.0. The van der Waals surface area contributed by atoms with Crippen LogP contribution in [0.1, 0.15) is 30.9 Å². The molecule has 0 spiro atoms. The van der Waals surface area contributed by atoms with Crippen molar-refractivity contribution in [1.82, 2.24) is 9.78 Å². The summed E-state index contributed by atoms with van der Waals surface area (Å²) in [5.41, 5.74) is 5.20. The van der Waals surface area contributed by atoms with Gasteiger partial charge in [0.2, 0.25) is 0 Å². The van der Waals surface area contributed by atoms with E-state index in [4.69, 9.17) is 5.10 Å². The van der Waals surface area contributed by atoms with Gasteiger partial charge in [-0.1, -0.05) is 44.2 Å². The summed E-state index contributed by atoms with van der Waals surface area (Å²) in [5.74, 6) is 1.20. The summed E-state index contributed by atoms with van der Waals surface area (Å²) in [6, 6.07) is 15.0. The van der Waals surface area contributed by atoms with Gasteiger partial charge in [0.15, 0.2) is 0 Å². The maximum absolute atomic E-state index is 13.7. The maximum atomic E-state index is 13.7. The number of hydrogen-bond donors (Lipinski definition) is 1. The van der Waals surface area contributed by atoms with Gasteiger partial charge in [0.05, 0.1) is 11.4 Å². The molecule has 0 aliphatic carbocycles. The minimum absolute atomic E-state index is 0.232. The zero-order valence-electron chi connectivity index (χ0n) is 13.9. The predicted molar refractivity (Wildman–Crippen MR) is 95.2 cm³/mol. The first-order valence-electron chi connectivity index (χ1n) is 8.36. The summed E-state index contributed by atoms with van der Waals surface area (Å²) in [5, 5.41) is 8.29. The van der Waals surface area contributed by atoms with Gasteiger partial charge in [-0.05, 0) is 36.1 Å². The largest absolute Gasteiger partial charge is 0.369 e. The minimum Gasteiger partial charge on any atom is -0.369 e. The van der Waals surface area contributed by atoms with Crippen LogP contribution in [0.4, 0.5) is 10.2 Å². The van der Waals surface area contributed by atoms with Crippen LogP contribution in [-0.4, -0.2) is 16.3 Å². The molecule has 0 radical (unpaired) electrons. The molecule has 2 heterocycles. The van der Waals surface area contributed by atoms with Crippen molar-refractivity contribution in [2.45, 2.75) is 26.2 Å². The lowest BCUT2D eigenvalue weighted by molar-refractivity contribution is 0.628. The number of nitrogens with zero attached hydrogens (tertiary/aromatic N) is 2. The minimum atomic E-state index is -0.232. The third kappa shape index (κ3) is 2.39. The van der Waals surface area contributed by atoms with E-state index in [1.807, 2.05) is 16.8 Å². The third-order valence-electron chi connectivity index (χ3n) is 4.54. The molecule has 3 nitrogen and oxygen atoms in total. The monoisotopic (exact) mass is 321 g/mol. The van der Waals surface area contributed by atoms with Crippen molar-refractivity contribution in [3.8, 4) is 16.9 Å². The Labute approximate surface area is 141 Å². The fraction of sp³-hybridized carbons (Fsp3) is 0.250.